The molecule has 2 rings (SSSR count). The summed E-state index contributed by atoms with van der Waals surface area (Å²) in [4.78, 5) is 12.6. The first-order chi connectivity index (χ1) is 8.95. The summed E-state index contributed by atoms with van der Waals surface area (Å²) in [6.45, 7) is 7.91. The minimum absolute atomic E-state index is 0.00584. The normalized spacial score (nSPS) is 11.1. The van der Waals surface area contributed by atoms with Crippen LogP contribution in [0.5, 0.6) is 0 Å². The summed E-state index contributed by atoms with van der Waals surface area (Å²) < 4.78 is 1.79. The average Bonchev–Trinajstić information content (AvgIpc) is 2.76. The second kappa shape index (κ2) is 5.13. The Labute approximate surface area is 116 Å². The van der Waals surface area contributed by atoms with Crippen molar-refractivity contribution in [3.05, 3.63) is 27.7 Å². The lowest BCUT2D eigenvalue weighted by Gasteiger charge is -2.16. The van der Waals surface area contributed by atoms with Crippen molar-refractivity contribution in [2.24, 2.45) is 0 Å². The van der Waals surface area contributed by atoms with Crippen LogP contribution >= 0.6 is 11.3 Å². The van der Waals surface area contributed by atoms with Crippen LogP contribution in [0.25, 0.3) is 10.6 Å². The minimum Gasteiger partial charge on any atom is -0.363 e. The smallest absolute Gasteiger partial charge is 0.261 e. The maximum Gasteiger partial charge on any atom is 0.261 e. The maximum atomic E-state index is 12.6. The van der Waals surface area contributed by atoms with E-state index in [1.165, 1.54) is 11.3 Å². The number of hydrogen-bond donors (Lipinski definition) is 1. The molecule has 0 aliphatic rings. The minimum atomic E-state index is 0.00584. The first kappa shape index (κ1) is 13.7. The van der Waals surface area contributed by atoms with Gasteiger partial charge in [-0.2, -0.15) is 0 Å². The van der Waals surface area contributed by atoms with Crippen molar-refractivity contribution in [1.29, 1.82) is 0 Å². The van der Waals surface area contributed by atoms with E-state index in [2.05, 4.69) is 15.5 Å². The first-order valence-electron chi connectivity index (χ1n) is 6.20. The monoisotopic (exact) mass is 278 g/mol. The Morgan fingerprint density at radius 3 is 2.53 bits per heavy atom. The fourth-order valence-corrected chi connectivity index (χ4v) is 3.03. The lowest BCUT2D eigenvalue weighted by Crippen LogP contribution is -2.26. The summed E-state index contributed by atoms with van der Waals surface area (Å²) in [7, 11) is 1.79. The molecule has 0 spiro atoms. The summed E-state index contributed by atoms with van der Waals surface area (Å²) >= 11 is 1.39. The topological polar surface area (TPSA) is 59.8 Å². The van der Waals surface area contributed by atoms with Gasteiger partial charge in [0, 0.05) is 18.8 Å². The van der Waals surface area contributed by atoms with Crippen molar-refractivity contribution in [2.45, 2.75) is 33.7 Å². The third-order valence-corrected chi connectivity index (χ3v) is 3.96. The fraction of sp³-hybridized carbons (Fsp3) is 0.462. The average molecular weight is 278 g/mol. The van der Waals surface area contributed by atoms with Gasteiger partial charge in [0.25, 0.3) is 5.56 Å². The third kappa shape index (κ3) is 2.40. The van der Waals surface area contributed by atoms with Crippen molar-refractivity contribution < 1.29 is 0 Å². The molecule has 0 aromatic carbocycles. The van der Waals surface area contributed by atoms with Gasteiger partial charge in [0.2, 0.25) is 5.13 Å². The van der Waals surface area contributed by atoms with Crippen LogP contribution < -0.4 is 10.9 Å². The zero-order chi connectivity index (χ0) is 14.2. The predicted molar refractivity (Wildman–Crippen MR) is 79.0 cm³/mol. The van der Waals surface area contributed by atoms with Gasteiger partial charge in [0.15, 0.2) is 5.01 Å². The second-order valence-electron chi connectivity index (χ2n) is 4.78. The fourth-order valence-electron chi connectivity index (χ4n) is 2.23. The van der Waals surface area contributed by atoms with Gasteiger partial charge in [0.1, 0.15) is 0 Å². The van der Waals surface area contributed by atoms with Crippen molar-refractivity contribution in [3.8, 4) is 10.6 Å². The van der Waals surface area contributed by atoms with Crippen LogP contribution in [0.1, 0.15) is 31.1 Å². The number of nitrogens with one attached hydrogen (secondary N) is 1. The molecule has 0 saturated carbocycles. The molecule has 0 fully saturated rings. The summed E-state index contributed by atoms with van der Waals surface area (Å²) in [6, 6.07) is 2.15. The highest BCUT2D eigenvalue weighted by molar-refractivity contribution is 7.18. The number of nitrogens with zero attached hydrogens (tertiary/aromatic N) is 3. The predicted octanol–water partition coefficient (Wildman–Crippen LogP) is 2.61. The van der Waals surface area contributed by atoms with Crippen molar-refractivity contribution >= 4 is 16.5 Å². The molecule has 2 heterocycles. The van der Waals surface area contributed by atoms with Crippen LogP contribution in [0, 0.1) is 13.8 Å². The van der Waals surface area contributed by atoms with Gasteiger partial charge in [-0.1, -0.05) is 11.3 Å². The standard InChI is InChI=1S/C13H18N4OS/c1-7(2)17-9(4)6-8(3)10(12(17)18)11-15-16-13(14-5)19-11/h6-7H,1-5H3,(H,14,16). The molecule has 0 amide bonds. The quantitative estimate of drug-likeness (QED) is 0.937. The Hall–Kier alpha value is -1.69. The number of hydrogen-bond acceptors (Lipinski definition) is 5. The van der Waals surface area contributed by atoms with Gasteiger partial charge >= 0.3 is 0 Å². The second-order valence-corrected chi connectivity index (χ2v) is 5.75. The molecule has 0 radical (unpaired) electrons. The lowest BCUT2D eigenvalue weighted by atomic mass is 10.1. The molecule has 6 heteroatoms. The van der Waals surface area contributed by atoms with Crippen LogP contribution in [0.15, 0.2) is 10.9 Å². The third-order valence-electron chi connectivity index (χ3n) is 3.00. The van der Waals surface area contributed by atoms with Crippen LogP contribution in [0.3, 0.4) is 0 Å². The maximum absolute atomic E-state index is 12.6. The number of anilines is 1. The molecule has 0 atom stereocenters. The molecule has 19 heavy (non-hydrogen) atoms. The molecule has 102 valence electrons. The number of aromatic nitrogens is 3. The largest absolute Gasteiger partial charge is 0.363 e. The molecule has 0 bridgehead atoms. The van der Waals surface area contributed by atoms with Gasteiger partial charge in [-0.25, -0.2) is 0 Å². The summed E-state index contributed by atoms with van der Waals surface area (Å²) in [6.07, 6.45) is 0. The van der Waals surface area contributed by atoms with Crippen LogP contribution in [0.4, 0.5) is 5.13 Å². The van der Waals surface area contributed by atoms with Crippen molar-refractivity contribution in [2.75, 3.05) is 12.4 Å². The van der Waals surface area contributed by atoms with E-state index >= 15 is 0 Å². The van der Waals surface area contributed by atoms with E-state index in [0.717, 1.165) is 11.3 Å². The number of rotatable bonds is 3. The Balaban J connectivity index is 2.70. The highest BCUT2D eigenvalue weighted by Gasteiger charge is 2.17. The SMILES string of the molecule is CNc1nnc(-c2c(C)cc(C)n(C(C)C)c2=O)s1. The van der Waals surface area contributed by atoms with Gasteiger partial charge in [-0.3, -0.25) is 4.79 Å². The van der Waals surface area contributed by atoms with Crippen LogP contribution in [-0.2, 0) is 0 Å². The van der Waals surface area contributed by atoms with Gasteiger partial charge < -0.3 is 9.88 Å². The molecular formula is C13H18N4OS. The van der Waals surface area contributed by atoms with Crippen molar-refractivity contribution in [1.82, 2.24) is 14.8 Å². The Bertz CT molecular complexity index is 657. The molecular weight excluding hydrogens is 260 g/mol. The van der Waals surface area contributed by atoms with E-state index in [9.17, 15) is 4.79 Å². The molecule has 2 aromatic rings. The van der Waals surface area contributed by atoms with Crippen molar-refractivity contribution in [3.63, 3.8) is 0 Å². The highest BCUT2D eigenvalue weighted by atomic mass is 32.1. The van der Waals surface area contributed by atoms with E-state index < -0.39 is 0 Å². The van der Waals surface area contributed by atoms with Crippen LogP contribution in [0.2, 0.25) is 0 Å². The van der Waals surface area contributed by atoms with E-state index in [1.807, 2.05) is 33.8 Å². The number of pyridine rings is 1. The summed E-state index contributed by atoms with van der Waals surface area (Å²) in [5, 5.41) is 12.4. The number of aryl methyl sites for hydroxylation is 2. The molecule has 0 aliphatic heterocycles. The van der Waals surface area contributed by atoms with E-state index in [0.29, 0.717) is 15.7 Å². The Morgan fingerprint density at radius 2 is 2.00 bits per heavy atom. The van der Waals surface area contributed by atoms with E-state index in [-0.39, 0.29) is 11.6 Å². The van der Waals surface area contributed by atoms with E-state index in [1.54, 1.807) is 11.6 Å². The molecule has 5 nitrogen and oxygen atoms in total. The summed E-state index contributed by atoms with van der Waals surface area (Å²) in [5.41, 5.74) is 2.57. The summed E-state index contributed by atoms with van der Waals surface area (Å²) in [5.74, 6) is 0. The molecule has 0 saturated heterocycles. The van der Waals surface area contributed by atoms with Gasteiger partial charge in [0.05, 0.1) is 5.56 Å². The van der Waals surface area contributed by atoms with Crippen LogP contribution in [-0.4, -0.2) is 21.8 Å². The highest BCUT2D eigenvalue weighted by Crippen LogP contribution is 2.27. The van der Waals surface area contributed by atoms with E-state index in [4.69, 9.17) is 0 Å². The Morgan fingerprint density at radius 1 is 1.32 bits per heavy atom. The molecule has 0 aliphatic carbocycles. The zero-order valence-corrected chi connectivity index (χ0v) is 12.6. The van der Waals surface area contributed by atoms with Gasteiger partial charge in [-0.05, 0) is 39.3 Å². The zero-order valence-electron chi connectivity index (χ0n) is 11.8. The first-order valence-corrected chi connectivity index (χ1v) is 7.01. The van der Waals surface area contributed by atoms with Gasteiger partial charge in [-0.15, -0.1) is 10.2 Å². The molecule has 1 N–H and O–H groups in total. The Kier molecular flexibility index (Phi) is 3.71. The lowest BCUT2D eigenvalue weighted by molar-refractivity contribution is 0.563. The molecule has 0 unspecified atom stereocenters. The molecule has 2 aromatic heterocycles.